The zero-order valence-corrected chi connectivity index (χ0v) is 61.1. The van der Waals surface area contributed by atoms with Crippen LogP contribution in [0, 0.1) is 0 Å². The molecule has 1 amide bonds. The largest absolute Gasteiger partial charge is 0.394 e. The number of carbonyl (C=O) groups excluding carboxylic acids is 1. The zero-order valence-electron chi connectivity index (χ0n) is 61.1. The smallest absolute Gasteiger partial charge is 0.220 e. The number of allylic oxidation sites excluding steroid dienone is 4. The van der Waals surface area contributed by atoms with Crippen molar-refractivity contribution in [2.24, 2.45) is 0 Å². The molecule has 0 aromatic rings. The summed E-state index contributed by atoms with van der Waals surface area (Å²) in [6, 6.07) is -0.883. The van der Waals surface area contributed by atoms with Crippen molar-refractivity contribution in [2.75, 3.05) is 26.4 Å². The lowest BCUT2D eigenvalue weighted by Gasteiger charge is -2.48. The van der Waals surface area contributed by atoms with Gasteiger partial charge in [-0.15, -0.1) is 0 Å². The summed E-state index contributed by atoms with van der Waals surface area (Å²) in [7, 11) is 0. The van der Waals surface area contributed by atoms with Gasteiger partial charge in [0, 0.05) is 6.42 Å². The Balaban J connectivity index is 1.27. The van der Waals surface area contributed by atoms with E-state index in [1.165, 1.54) is 250 Å². The topological polar surface area (TPSA) is 307 Å². The van der Waals surface area contributed by atoms with E-state index < -0.39 is 124 Å². The molecule has 0 saturated carbocycles. The first-order valence-electron chi connectivity index (χ1n) is 40.1. The van der Waals surface area contributed by atoms with Crippen LogP contribution in [0.2, 0.25) is 0 Å². The maximum atomic E-state index is 13.4. The lowest BCUT2D eigenvalue weighted by atomic mass is 9.96. The van der Waals surface area contributed by atoms with Crippen LogP contribution in [0.25, 0.3) is 0 Å². The third-order valence-corrected chi connectivity index (χ3v) is 20.3. The molecule has 19 nitrogen and oxygen atoms in total. The molecule has 19 heteroatoms. The summed E-state index contributed by atoms with van der Waals surface area (Å²) in [5.41, 5.74) is 0. The Hall–Kier alpha value is -1.73. The minimum absolute atomic E-state index is 0.236. The van der Waals surface area contributed by atoms with E-state index in [0.29, 0.717) is 12.8 Å². The number of ether oxygens (including phenoxy) is 6. The standard InChI is InChI=1S/C78H147NO18/c1-3-5-7-9-11-13-15-17-18-19-20-21-22-23-24-25-26-27-28-29-30-31-32-33-34-35-36-37-38-39-40-41-42-44-46-48-50-52-54-56-66(84)79-61(62(83)55-53-51-49-47-45-43-16-14-12-10-8-6-4-2)60-92-76-72(90)69(87)74(64(58-81)94-76)97-78-73(91)70(88)75(65(59-82)95-78)96-77-71(89)68(86)67(85)63(57-80)93-77/h15,17,19-20,61-65,67-78,80-83,85-91H,3-14,16,18,21-60H2,1-2H3,(H,79,84)/b17-15-,20-19-. The summed E-state index contributed by atoms with van der Waals surface area (Å²) >= 11 is 0. The highest BCUT2D eigenvalue weighted by atomic mass is 16.8. The average Bonchev–Trinajstić information content (AvgIpc) is 0.809. The minimum atomic E-state index is -1.97. The van der Waals surface area contributed by atoms with Crippen molar-refractivity contribution in [1.29, 1.82) is 0 Å². The molecular weight excluding hydrogens is 1240 g/mol. The normalized spacial score (nSPS) is 27.0. The van der Waals surface area contributed by atoms with Gasteiger partial charge in [0.15, 0.2) is 18.9 Å². The molecule has 3 heterocycles. The van der Waals surface area contributed by atoms with Crippen LogP contribution >= 0.6 is 0 Å². The molecule has 0 bridgehead atoms. The molecular formula is C78H147NO18. The van der Waals surface area contributed by atoms with Crippen LogP contribution in [-0.4, -0.2) is 193 Å². The molecule has 3 saturated heterocycles. The fourth-order valence-corrected chi connectivity index (χ4v) is 13.8. The van der Waals surface area contributed by atoms with Gasteiger partial charge in [-0.2, -0.15) is 0 Å². The van der Waals surface area contributed by atoms with E-state index in [0.717, 1.165) is 51.4 Å². The number of aliphatic hydroxyl groups is 11. The fraction of sp³-hybridized carbons (Fsp3) is 0.936. The molecule has 12 N–H and O–H groups in total. The molecule has 0 aromatic carbocycles. The molecule has 97 heavy (non-hydrogen) atoms. The van der Waals surface area contributed by atoms with Gasteiger partial charge < -0.3 is 89.9 Å². The third-order valence-electron chi connectivity index (χ3n) is 20.3. The molecule has 3 aliphatic heterocycles. The van der Waals surface area contributed by atoms with E-state index in [1.807, 2.05) is 0 Å². The molecule has 0 aromatic heterocycles. The van der Waals surface area contributed by atoms with Gasteiger partial charge in [0.05, 0.1) is 38.6 Å². The average molecular weight is 1390 g/mol. The van der Waals surface area contributed by atoms with Crippen LogP contribution in [0.5, 0.6) is 0 Å². The second kappa shape index (κ2) is 59.6. The van der Waals surface area contributed by atoms with E-state index in [1.54, 1.807) is 0 Å². The lowest BCUT2D eigenvalue weighted by molar-refractivity contribution is -0.379. The summed E-state index contributed by atoms with van der Waals surface area (Å²) in [4.78, 5) is 13.4. The molecule has 3 aliphatic rings. The van der Waals surface area contributed by atoms with Gasteiger partial charge in [-0.25, -0.2) is 0 Å². The molecule has 0 aliphatic carbocycles. The number of rotatable bonds is 64. The molecule has 17 unspecified atom stereocenters. The number of aliphatic hydroxyl groups excluding tert-OH is 11. The molecule has 572 valence electrons. The summed E-state index contributed by atoms with van der Waals surface area (Å²) in [5, 5.41) is 121. The second-order valence-electron chi connectivity index (χ2n) is 28.9. The number of amides is 1. The van der Waals surface area contributed by atoms with Crippen LogP contribution in [0.3, 0.4) is 0 Å². The monoisotopic (exact) mass is 1390 g/mol. The second-order valence-corrected chi connectivity index (χ2v) is 28.9. The van der Waals surface area contributed by atoms with Crippen LogP contribution < -0.4 is 5.32 Å². The number of nitrogens with one attached hydrogen (secondary N) is 1. The van der Waals surface area contributed by atoms with Crippen molar-refractivity contribution < 1.29 is 89.4 Å². The van der Waals surface area contributed by atoms with Gasteiger partial charge in [-0.1, -0.05) is 308 Å². The fourth-order valence-electron chi connectivity index (χ4n) is 13.8. The van der Waals surface area contributed by atoms with E-state index in [9.17, 15) is 61.0 Å². The number of carbonyl (C=O) groups is 1. The Morgan fingerprint density at radius 3 is 1.05 bits per heavy atom. The quantitative estimate of drug-likeness (QED) is 0.0199. The summed E-state index contributed by atoms with van der Waals surface area (Å²) < 4.78 is 34.4. The maximum absolute atomic E-state index is 13.4. The number of hydrogen-bond donors (Lipinski definition) is 12. The van der Waals surface area contributed by atoms with E-state index >= 15 is 0 Å². The van der Waals surface area contributed by atoms with Crippen molar-refractivity contribution in [1.82, 2.24) is 5.32 Å². The van der Waals surface area contributed by atoms with Gasteiger partial charge in [-0.3, -0.25) is 4.79 Å². The SMILES string of the molecule is CCCCCCC/C=C\C/C=C\CCCCCCCCCCCCCCCCCCCCCCCCCCCCCC(=O)NC(COC1OC(CO)C(OC2OC(CO)C(OC3OC(CO)C(O)C(O)C3O)C(O)C2O)C(O)C1O)C(O)CCCCCCCCCCCCCCC. The molecule has 17 atom stereocenters. The first-order valence-corrected chi connectivity index (χ1v) is 40.1. The molecule has 0 radical (unpaired) electrons. The first kappa shape index (κ1) is 89.5. The number of hydrogen-bond acceptors (Lipinski definition) is 18. The zero-order chi connectivity index (χ0) is 70.4. The highest BCUT2D eigenvalue weighted by Gasteiger charge is 2.54. The lowest BCUT2D eigenvalue weighted by Crippen LogP contribution is -2.66. The van der Waals surface area contributed by atoms with Gasteiger partial charge in [0.1, 0.15) is 73.2 Å². The minimum Gasteiger partial charge on any atom is -0.394 e. The van der Waals surface area contributed by atoms with Crippen molar-refractivity contribution in [3.8, 4) is 0 Å². The van der Waals surface area contributed by atoms with Crippen molar-refractivity contribution in [3.05, 3.63) is 24.3 Å². The van der Waals surface area contributed by atoms with Crippen molar-refractivity contribution >= 4 is 5.91 Å². The van der Waals surface area contributed by atoms with Crippen LogP contribution in [0.1, 0.15) is 335 Å². The van der Waals surface area contributed by atoms with Gasteiger partial charge in [0.25, 0.3) is 0 Å². The highest BCUT2D eigenvalue weighted by molar-refractivity contribution is 5.76. The predicted molar refractivity (Wildman–Crippen MR) is 383 cm³/mol. The summed E-state index contributed by atoms with van der Waals surface area (Å²) in [6.45, 7) is 1.82. The van der Waals surface area contributed by atoms with E-state index in [2.05, 4.69) is 43.5 Å². The summed E-state index contributed by atoms with van der Waals surface area (Å²) in [5.74, 6) is -0.236. The Morgan fingerprint density at radius 1 is 0.371 bits per heavy atom. The van der Waals surface area contributed by atoms with E-state index in [-0.39, 0.29) is 18.9 Å². The Labute approximate surface area is 588 Å². The predicted octanol–water partition coefficient (Wildman–Crippen LogP) is 13.0. The Morgan fingerprint density at radius 2 is 0.680 bits per heavy atom. The molecule has 0 spiro atoms. The van der Waals surface area contributed by atoms with Gasteiger partial charge >= 0.3 is 0 Å². The molecule has 3 fully saturated rings. The number of unbranched alkanes of at least 4 members (excludes halogenated alkanes) is 44. The Bertz CT molecular complexity index is 1850. The maximum Gasteiger partial charge on any atom is 0.220 e. The van der Waals surface area contributed by atoms with E-state index in [4.69, 9.17) is 28.4 Å². The summed E-state index contributed by atoms with van der Waals surface area (Å²) in [6.07, 6.45) is 44.5. The van der Waals surface area contributed by atoms with Gasteiger partial charge in [0.2, 0.25) is 5.91 Å². The Kier molecular flexibility index (Phi) is 55.0. The van der Waals surface area contributed by atoms with Crippen LogP contribution in [0.15, 0.2) is 24.3 Å². The van der Waals surface area contributed by atoms with Crippen LogP contribution in [-0.2, 0) is 33.2 Å². The third kappa shape index (κ3) is 40.2. The van der Waals surface area contributed by atoms with Gasteiger partial charge in [-0.05, 0) is 44.9 Å². The molecule has 3 rings (SSSR count). The van der Waals surface area contributed by atoms with Crippen molar-refractivity contribution in [3.63, 3.8) is 0 Å². The van der Waals surface area contributed by atoms with Crippen LogP contribution in [0.4, 0.5) is 0 Å². The highest BCUT2D eigenvalue weighted by Crippen LogP contribution is 2.33. The van der Waals surface area contributed by atoms with Crippen molar-refractivity contribution in [2.45, 2.75) is 439 Å². The first-order chi connectivity index (χ1) is 47.3.